The monoisotopic (exact) mass is 362 g/mol. The number of hydrogen-bond acceptors (Lipinski definition) is 0. The molecule has 8 atom stereocenters. The average Bonchev–Trinajstić information content (AvgIpc) is 3.38. The van der Waals surface area contributed by atoms with Crippen LogP contribution in [0.1, 0.15) is 77.0 Å². The van der Waals surface area contributed by atoms with Crippen LogP contribution < -0.4 is 0 Å². The molecule has 0 aromatic carbocycles. The Morgan fingerprint density at radius 1 is 0.417 bits per heavy atom. The molecular formula is C22H36P2. The molecule has 0 N–H and O–H groups in total. The van der Waals surface area contributed by atoms with E-state index in [0.717, 1.165) is 0 Å². The molecule has 0 nitrogen and oxygen atoms in total. The third kappa shape index (κ3) is 2.24. The highest BCUT2D eigenvalue weighted by atomic mass is 31.1. The summed E-state index contributed by atoms with van der Waals surface area (Å²) in [5, 5.41) is 0. The smallest absolute Gasteiger partial charge is 0.0175 e. The zero-order valence-electron chi connectivity index (χ0n) is 15.4. The first-order valence-corrected chi connectivity index (χ1v) is 14.8. The summed E-state index contributed by atoms with van der Waals surface area (Å²) in [4.78, 5) is 0. The van der Waals surface area contributed by atoms with Gasteiger partial charge in [-0.3, -0.25) is 0 Å². The van der Waals surface area contributed by atoms with Crippen LogP contribution in [0.5, 0.6) is 0 Å². The second kappa shape index (κ2) is 6.20. The van der Waals surface area contributed by atoms with E-state index in [1.54, 1.807) is 89.4 Å². The first-order chi connectivity index (χ1) is 11.9. The Balaban J connectivity index is 1.19. The minimum Gasteiger partial charge on any atom is -0.0994 e. The molecule has 0 amide bonds. The maximum absolute atomic E-state index is 1.75. The molecule has 0 bridgehead atoms. The molecule has 6 rings (SSSR count). The molecule has 8 unspecified atom stereocenters. The molecule has 4 saturated carbocycles. The second-order valence-corrected chi connectivity index (χ2v) is 15.7. The summed E-state index contributed by atoms with van der Waals surface area (Å²) in [7, 11) is 0.877. The van der Waals surface area contributed by atoms with Gasteiger partial charge in [-0.15, -0.1) is 0 Å². The predicted molar refractivity (Wildman–Crippen MR) is 108 cm³/mol. The van der Waals surface area contributed by atoms with Crippen molar-refractivity contribution in [3.63, 3.8) is 0 Å². The maximum Gasteiger partial charge on any atom is -0.0175 e. The molecular weight excluding hydrogens is 326 g/mol. The van der Waals surface area contributed by atoms with Gasteiger partial charge in [0.2, 0.25) is 0 Å². The first kappa shape index (κ1) is 15.9. The Kier molecular flexibility index (Phi) is 4.10. The molecule has 134 valence electrons. The summed E-state index contributed by atoms with van der Waals surface area (Å²) in [5.74, 6) is 4.88. The Bertz CT molecular complexity index is 406. The van der Waals surface area contributed by atoms with E-state index in [2.05, 4.69) is 0 Å². The van der Waals surface area contributed by atoms with Crippen LogP contribution in [0.25, 0.3) is 0 Å². The summed E-state index contributed by atoms with van der Waals surface area (Å²) in [6, 6.07) is 0. The number of fused-ring (bicyclic) bond motifs is 6. The van der Waals surface area contributed by atoms with Crippen LogP contribution >= 0.6 is 15.8 Å². The van der Waals surface area contributed by atoms with E-state index in [1.165, 1.54) is 46.3 Å². The van der Waals surface area contributed by atoms with Crippen molar-refractivity contribution >= 4 is 15.8 Å². The summed E-state index contributed by atoms with van der Waals surface area (Å²) in [6.45, 7) is 0. The van der Waals surface area contributed by atoms with Crippen molar-refractivity contribution in [3.8, 4) is 0 Å². The van der Waals surface area contributed by atoms with E-state index in [-0.39, 0.29) is 0 Å². The van der Waals surface area contributed by atoms with E-state index in [9.17, 15) is 0 Å². The fraction of sp³-hybridized carbons (Fsp3) is 1.00. The summed E-state index contributed by atoms with van der Waals surface area (Å²) < 4.78 is 0. The van der Waals surface area contributed by atoms with Gasteiger partial charge in [0.25, 0.3) is 0 Å². The lowest BCUT2D eigenvalue weighted by Gasteiger charge is -2.30. The first-order valence-electron chi connectivity index (χ1n) is 11.4. The molecule has 2 saturated heterocycles. The van der Waals surface area contributed by atoms with Crippen molar-refractivity contribution in [2.75, 3.05) is 12.3 Å². The Morgan fingerprint density at radius 2 is 0.708 bits per heavy atom. The van der Waals surface area contributed by atoms with Gasteiger partial charge in [-0.05, 0) is 110 Å². The Hall–Kier alpha value is 0.860. The van der Waals surface area contributed by atoms with Crippen molar-refractivity contribution in [2.24, 2.45) is 23.7 Å². The highest BCUT2D eigenvalue weighted by Crippen LogP contribution is 2.73. The number of rotatable bonds is 3. The van der Waals surface area contributed by atoms with Gasteiger partial charge in [-0.2, -0.15) is 0 Å². The molecule has 0 radical (unpaired) electrons. The zero-order chi connectivity index (χ0) is 15.7. The van der Waals surface area contributed by atoms with Gasteiger partial charge in [-0.25, -0.2) is 0 Å². The lowest BCUT2D eigenvalue weighted by molar-refractivity contribution is 0.384. The minimum atomic E-state index is 0.438. The molecule has 6 aliphatic rings. The minimum absolute atomic E-state index is 0.438. The molecule has 24 heavy (non-hydrogen) atoms. The van der Waals surface area contributed by atoms with Crippen LogP contribution in [0, 0.1) is 23.7 Å². The van der Waals surface area contributed by atoms with Crippen molar-refractivity contribution < 1.29 is 0 Å². The van der Waals surface area contributed by atoms with Gasteiger partial charge in [0, 0.05) is 0 Å². The topological polar surface area (TPSA) is 0 Å². The van der Waals surface area contributed by atoms with E-state index in [1.807, 2.05) is 0 Å². The highest BCUT2D eigenvalue weighted by molar-refractivity contribution is 7.63. The predicted octanol–water partition coefficient (Wildman–Crippen LogP) is 6.65. The molecule has 2 heterocycles. The van der Waals surface area contributed by atoms with Crippen LogP contribution in [0.2, 0.25) is 0 Å². The van der Waals surface area contributed by atoms with Crippen molar-refractivity contribution in [1.82, 2.24) is 0 Å². The zero-order valence-corrected chi connectivity index (χ0v) is 17.2. The summed E-state index contributed by atoms with van der Waals surface area (Å²) >= 11 is 0. The average molecular weight is 362 g/mol. The molecule has 2 heteroatoms. The number of hydrogen-bond donors (Lipinski definition) is 0. The largest absolute Gasteiger partial charge is 0.0994 e. The van der Waals surface area contributed by atoms with E-state index in [0.29, 0.717) is 15.8 Å². The highest BCUT2D eigenvalue weighted by Gasteiger charge is 2.55. The quantitative estimate of drug-likeness (QED) is 0.493. The van der Waals surface area contributed by atoms with E-state index >= 15 is 0 Å². The van der Waals surface area contributed by atoms with Gasteiger partial charge in [0.1, 0.15) is 0 Å². The molecule has 6 fully saturated rings. The van der Waals surface area contributed by atoms with E-state index in [4.69, 9.17) is 0 Å². The van der Waals surface area contributed by atoms with Crippen LogP contribution in [0.4, 0.5) is 0 Å². The van der Waals surface area contributed by atoms with Crippen molar-refractivity contribution in [2.45, 2.75) is 99.7 Å². The molecule has 0 spiro atoms. The van der Waals surface area contributed by atoms with Gasteiger partial charge >= 0.3 is 0 Å². The van der Waals surface area contributed by atoms with Crippen LogP contribution in [-0.2, 0) is 0 Å². The van der Waals surface area contributed by atoms with Gasteiger partial charge in [0.05, 0.1) is 0 Å². The van der Waals surface area contributed by atoms with Crippen LogP contribution in [-0.4, -0.2) is 35.0 Å². The third-order valence-electron chi connectivity index (χ3n) is 9.55. The maximum atomic E-state index is 1.75. The lowest BCUT2D eigenvalue weighted by Crippen LogP contribution is -2.13. The lowest BCUT2D eigenvalue weighted by atomic mass is 9.90. The van der Waals surface area contributed by atoms with Crippen molar-refractivity contribution in [1.29, 1.82) is 0 Å². The normalized spacial score (nSPS) is 58.0. The molecule has 2 aliphatic heterocycles. The van der Waals surface area contributed by atoms with Crippen LogP contribution in [0.3, 0.4) is 0 Å². The SMILES string of the molecule is C1CC2C3CCCC3P(CCP3C4CCCC4C4CCCC43)C2C1. The molecule has 4 aliphatic carbocycles. The van der Waals surface area contributed by atoms with Gasteiger partial charge in [-0.1, -0.05) is 41.5 Å². The third-order valence-corrected chi connectivity index (χ3v) is 17.4. The molecule has 0 aromatic heterocycles. The fourth-order valence-corrected chi connectivity index (χ4v) is 18.6. The van der Waals surface area contributed by atoms with Crippen LogP contribution in [0.15, 0.2) is 0 Å². The Morgan fingerprint density at radius 3 is 1.00 bits per heavy atom. The van der Waals surface area contributed by atoms with Crippen molar-refractivity contribution in [3.05, 3.63) is 0 Å². The molecule has 0 aromatic rings. The van der Waals surface area contributed by atoms with Gasteiger partial charge in [0.15, 0.2) is 0 Å². The van der Waals surface area contributed by atoms with Gasteiger partial charge < -0.3 is 0 Å². The Labute approximate surface area is 151 Å². The summed E-state index contributed by atoms with van der Waals surface area (Å²) in [5.41, 5.74) is 5.02. The second-order valence-electron chi connectivity index (χ2n) is 10.1. The van der Waals surface area contributed by atoms with E-state index < -0.39 is 0 Å². The standard InChI is InChI=1S/C22H36P2/c1-5-15-16-6-2-10-20(16)23(19(15)9-1)13-14-24-21-11-3-7-17(21)18-8-4-12-22(18)24/h15-22H,1-14H2. The summed E-state index contributed by atoms with van der Waals surface area (Å²) in [6.07, 6.45) is 23.0. The fourth-order valence-electron chi connectivity index (χ4n) is 8.91.